The third-order valence-corrected chi connectivity index (χ3v) is 3.63. The molecule has 1 fully saturated rings. The Morgan fingerprint density at radius 2 is 2.18 bits per heavy atom. The predicted octanol–water partition coefficient (Wildman–Crippen LogP) is 2.92. The van der Waals surface area contributed by atoms with Crippen molar-refractivity contribution in [3.8, 4) is 0 Å². The highest BCUT2D eigenvalue weighted by Crippen LogP contribution is 2.31. The van der Waals surface area contributed by atoms with Gasteiger partial charge < -0.3 is 5.32 Å². The number of hydrazone groups is 1. The summed E-state index contributed by atoms with van der Waals surface area (Å²) >= 11 is 5.13. The topological polar surface area (TPSA) is 36.4 Å². The zero-order valence-electron chi connectivity index (χ0n) is 11.4. The van der Waals surface area contributed by atoms with Crippen LogP contribution < -0.4 is 10.7 Å². The van der Waals surface area contributed by atoms with Crippen LogP contribution in [0.3, 0.4) is 0 Å². The molecule has 2 atom stereocenters. The van der Waals surface area contributed by atoms with E-state index in [9.17, 15) is 0 Å². The molecule has 0 spiro atoms. The first-order valence-electron chi connectivity index (χ1n) is 6.64. The first-order valence-corrected chi connectivity index (χ1v) is 7.05. The van der Waals surface area contributed by atoms with E-state index >= 15 is 0 Å². The normalized spacial score (nSPS) is 27.2. The molecule has 0 unspecified atom stereocenters. The van der Waals surface area contributed by atoms with E-state index in [0.717, 1.165) is 18.9 Å². The summed E-state index contributed by atoms with van der Waals surface area (Å²) in [7, 11) is 0. The fraction of sp³-hybridized carbons (Fsp3) is 0.846. The molecule has 4 heteroatoms. The van der Waals surface area contributed by atoms with Crippen LogP contribution in [0.1, 0.15) is 47.0 Å². The number of hydrogen-bond donors (Lipinski definition) is 2. The molecule has 0 heterocycles. The molecule has 1 aliphatic carbocycles. The molecular formula is C13H25N3S. The highest BCUT2D eigenvalue weighted by molar-refractivity contribution is 7.80. The molecule has 0 bridgehead atoms. The number of thiocarbonyl (C=S) groups is 1. The molecule has 0 saturated heterocycles. The third kappa shape index (κ3) is 4.62. The van der Waals surface area contributed by atoms with Crippen LogP contribution in [-0.2, 0) is 0 Å². The SMILES string of the molecule is CCNC(=S)N/N=C1/C[C@@H](C)CC[C@H]1C(C)C. The Kier molecular flexibility index (Phi) is 5.89. The van der Waals surface area contributed by atoms with Crippen LogP contribution in [0.4, 0.5) is 0 Å². The van der Waals surface area contributed by atoms with Gasteiger partial charge in [0.2, 0.25) is 0 Å². The monoisotopic (exact) mass is 255 g/mol. The van der Waals surface area contributed by atoms with Gasteiger partial charge in [-0.1, -0.05) is 20.8 Å². The quantitative estimate of drug-likeness (QED) is 0.601. The first kappa shape index (κ1) is 14.4. The van der Waals surface area contributed by atoms with E-state index in [2.05, 4.69) is 36.6 Å². The van der Waals surface area contributed by atoms with Crippen molar-refractivity contribution in [3.63, 3.8) is 0 Å². The summed E-state index contributed by atoms with van der Waals surface area (Å²) in [6, 6.07) is 0. The van der Waals surface area contributed by atoms with E-state index in [0.29, 0.717) is 16.9 Å². The molecule has 3 nitrogen and oxygen atoms in total. The van der Waals surface area contributed by atoms with Crippen LogP contribution in [-0.4, -0.2) is 17.4 Å². The van der Waals surface area contributed by atoms with Gasteiger partial charge >= 0.3 is 0 Å². The van der Waals surface area contributed by atoms with Gasteiger partial charge in [0.05, 0.1) is 0 Å². The van der Waals surface area contributed by atoms with Gasteiger partial charge in [0.25, 0.3) is 0 Å². The summed E-state index contributed by atoms with van der Waals surface area (Å²) in [6.45, 7) is 9.72. The lowest BCUT2D eigenvalue weighted by atomic mass is 9.76. The van der Waals surface area contributed by atoms with Gasteiger partial charge in [0.15, 0.2) is 5.11 Å². The number of hydrogen-bond acceptors (Lipinski definition) is 2. The van der Waals surface area contributed by atoms with Crippen LogP contribution >= 0.6 is 12.2 Å². The highest BCUT2D eigenvalue weighted by atomic mass is 32.1. The van der Waals surface area contributed by atoms with Crippen LogP contribution in [0, 0.1) is 17.8 Å². The lowest BCUT2D eigenvalue weighted by molar-refractivity contribution is 0.363. The average molecular weight is 255 g/mol. The molecule has 0 amide bonds. The molecule has 2 N–H and O–H groups in total. The molecule has 98 valence electrons. The molecular weight excluding hydrogens is 230 g/mol. The van der Waals surface area contributed by atoms with Gasteiger partial charge in [-0.15, -0.1) is 0 Å². The standard InChI is InChI=1S/C13H25N3S/c1-5-14-13(17)16-15-12-8-10(4)6-7-11(12)9(2)3/h9-11H,5-8H2,1-4H3,(H2,14,16,17)/b15-12-/t10-,11-/m0/s1. The largest absolute Gasteiger partial charge is 0.362 e. The van der Waals surface area contributed by atoms with Crippen molar-refractivity contribution in [1.82, 2.24) is 10.7 Å². The van der Waals surface area contributed by atoms with Gasteiger partial charge in [-0.25, -0.2) is 0 Å². The van der Waals surface area contributed by atoms with E-state index in [4.69, 9.17) is 12.2 Å². The van der Waals surface area contributed by atoms with Crippen LogP contribution in [0.25, 0.3) is 0 Å². The van der Waals surface area contributed by atoms with Gasteiger partial charge in [-0.2, -0.15) is 5.10 Å². The molecule has 0 aromatic heterocycles. The van der Waals surface area contributed by atoms with E-state index in [1.54, 1.807) is 0 Å². The van der Waals surface area contributed by atoms with Crippen molar-refractivity contribution >= 4 is 23.0 Å². The Labute approximate surface area is 110 Å². The second-order valence-corrected chi connectivity index (χ2v) is 5.72. The van der Waals surface area contributed by atoms with Crippen molar-refractivity contribution in [1.29, 1.82) is 0 Å². The molecule has 0 radical (unpaired) electrons. The van der Waals surface area contributed by atoms with Crippen LogP contribution in [0.15, 0.2) is 5.10 Å². The van der Waals surface area contributed by atoms with Crippen LogP contribution in [0.2, 0.25) is 0 Å². The van der Waals surface area contributed by atoms with Gasteiger partial charge in [-0.05, 0) is 50.2 Å². The minimum atomic E-state index is 0.614. The first-order chi connectivity index (χ1) is 8.04. The molecule has 0 aromatic carbocycles. The third-order valence-electron chi connectivity index (χ3n) is 3.40. The fourth-order valence-corrected chi connectivity index (χ4v) is 2.60. The lowest BCUT2D eigenvalue weighted by Gasteiger charge is -2.30. The second-order valence-electron chi connectivity index (χ2n) is 5.31. The van der Waals surface area contributed by atoms with E-state index in [1.807, 2.05) is 6.92 Å². The zero-order chi connectivity index (χ0) is 12.8. The molecule has 0 aromatic rings. The summed E-state index contributed by atoms with van der Waals surface area (Å²) in [4.78, 5) is 0. The van der Waals surface area contributed by atoms with Gasteiger partial charge in [0, 0.05) is 18.2 Å². The van der Waals surface area contributed by atoms with Gasteiger partial charge in [-0.3, -0.25) is 5.43 Å². The van der Waals surface area contributed by atoms with E-state index < -0.39 is 0 Å². The van der Waals surface area contributed by atoms with Crippen molar-refractivity contribution < 1.29 is 0 Å². The second kappa shape index (κ2) is 6.94. The molecule has 1 aliphatic rings. The fourth-order valence-electron chi connectivity index (χ4n) is 2.41. The molecule has 17 heavy (non-hydrogen) atoms. The minimum absolute atomic E-state index is 0.614. The summed E-state index contributed by atoms with van der Waals surface area (Å²) in [6.07, 6.45) is 3.68. The molecule has 0 aliphatic heterocycles. The summed E-state index contributed by atoms with van der Waals surface area (Å²) in [5.41, 5.74) is 4.26. The maximum atomic E-state index is 5.13. The molecule has 1 saturated carbocycles. The minimum Gasteiger partial charge on any atom is -0.362 e. The summed E-state index contributed by atoms with van der Waals surface area (Å²) < 4.78 is 0. The van der Waals surface area contributed by atoms with E-state index in [-0.39, 0.29) is 0 Å². The summed E-state index contributed by atoms with van der Waals surface area (Å²) in [5.74, 6) is 2.03. The van der Waals surface area contributed by atoms with Crippen molar-refractivity contribution in [2.24, 2.45) is 22.9 Å². The molecule has 1 rings (SSSR count). The smallest absolute Gasteiger partial charge is 0.186 e. The van der Waals surface area contributed by atoms with Crippen molar-refractivity contribution in [2.75, 3.05) is 6.54 Å². The van der Waals surface area contributed by atoms with Crippen molar-refractivity contribution in [3.05, 3.63) is 0 Å². The zero-order valence-corrected chi connectivity index (χ0v) is 12.2. The maximum Gasteiger partial charge on any atom is 0.186 e. The van der Waals surface area contributed by atoms with E-state index in [1.165, 1.54) is 18.6 Å². The Bertz CT molecular complexity index is 286. The Hall–Kier alpha value is -0.640. The number of nitrogens with one attached hydrogen (secondary N) is 2. The Morgan fingerprint density at radius 3 is 2.76 bits per heavy atom. The predicted molar refractivity (Wildman–Crippen MR) is 78.2 cm³/mol. The highest BCUT2D eigenvalue weighted by Gasteiger charge is 2.27. The van der Waals surface area contributed by atoms with Crippen molar-refractivity contribution in [2.45, 2.75) is 47.0 Å². The van der Waals surface area contributed by atoms with Gasteiger partial charge in [0.1, 0.15) is 0 Å². The average Bonchev–Trinajstić information content (AvgIpc) is 2.26. The number of rotatable bonds is 3. The van der Waals surface area contributed by atoms with Crippen LogP contribution in [0.5, 0.6) is 0 Å². The Balaban J connectivity index is 2.62. The Morgan fingerprint density at radius 1 is 1.47 bits per heavy atom. The lowest BCUT2D eigenvalue weighted by Crippen LogP contribution is -2.35. The summed E-state index contributed by atoms with van der Waals surface area (Å²) in [5, 5.41) is 8.20. The number of nitrogens with zero attached hydrogens (tertiary/aromatic N) is 1. The maximum absolute atomic E-state index is 5.13.